The zero-order valence-corrected chi connectivity index (χ0v) is 18.6. The Bertz CT molecular complexity index is 1050. The summed E-state index contributed by atoms with van der Waals surface area (Å²) in [6, 6.07) is 7.72. The van der Waals surface area contributed by atoms with E-state index in [1.165, 1.54) is 0 Å². The Morgan fingerprint density at radius 1 is 1.19 bits per heavy atom. The maximum absolute atomic E-state index is 12.7. The van der Waals surface area contributed by atoms with Crippen LogP contribution in [0, 0.1) is 13.8 Å². The lowest BCUT2D eigenvalue weighted by molar-refractivity contribution is -0.127. The maximum Gasteiger partial charge on any atom is 0.246 e. The summed E-state index contributed by atoms with van der Waals surface area (Å²) in [6.45, 7) is 7.97. The Kier molecular flexibility index (Phi) is 6.73. The molecule has 8 nitrogen and oxygen atoms in total. The molecule has 3 heterocycles. The molecule has 1 fully saturated rings. The smallest absolute Gasteiger partial charge is 0.246 e. The van der Waals surface area contributed by atoms with Crippen LogP contribution in [-0.2, 0) is 17.9 Å². The number of piperazine rings is 1. The first-order valence-corrected chi connectivity index (χ1v) is 11.1. The van der Waals surface area contributed by atoms with Gasteiger partial charge in [0.15, 0.2) is 5.82 Å². The number of benzene rings is 1. The molecule has 4 rings (SSSR count). The molecular weight excluding hydrogens is 412 g/mol. The summed E-state index contributed by atoms with van der Waals surface area (Å²) in [5.41, 5.74) is 1.79. The second kappa shape index (κ2) is 9.84. The first-order valence-electron chi connectivity index (χ1n) is 10.3. The quantitative estimate of drug-likeness (QED) is 0.571. The lowest BCUT2D eigenvalue weighted by atomic mass is 10.2. The lowest BCUT2D eigenvalue weighted by Crippen LogP contribution is -2.47. The van der Waals surface area contributed by atoms with Gasteiger partial charge in [-0.2, -0.15) is 5.10 Å². The molecule has 1 aromatic carbocycles. The molecule has 0 spiro atoms. The third kappa shape index (κ3) is 5.77. The Labute approximate surface area is 185 Å². The number of thiazole rings is 1. The van der Waals surface area contributed by atoms with E-state index in [4.69, 9.17) is 4.74 Å². The van der Waals surface area contributed by atoms with E-state index >= 15 is 0 Å². The molecule has 9 heteroatoms. The zero-order chi connectivity index (χ0) is 21.6. The van der Waals surface area contributed by atoms with E-state index in [0.29, 0.717) is 26.2 Å². The third-order valence-corrected chi connectivity index (χ3v) is 5.88. The number of aromatic nitrogens is 4. The molecule has 0 atom stereocenters. The summed E-state index contributed by atoms with van der Waals surface area (Å²) in [7, 11) is 0. The molecule has 0 bridgehead atoms. The summed E-state index contributed by atoms with van der Waals surface area (Å²) in [4.78, 5) is 25.6. The van der Waals surface area contributed by atoms with Crippen molar-refractivity contribution in [1.82, 2.24) is 30.0 Å². The summed E-state index contributed by atoms with van der Waals surface area (Å²) >= 11 is 1.61. The molecule has 1 saturated heterocycles. The van der Waals surface area contributed by atoms with Crippen molar-refractivity contribution >= 4 is 23.3 Å². The largest absolute Gasteiger partial charge is 0.487 e. The Morgan fingerprint density at radius 2 is 2.00 bits per heavy atom. The van der Waals surface area contributed by atoms with Crippen molar-refractivity contribution in [3.63, 3.8) is 0 Å². The summed E-state index contributed by atoms with van der Waals surface area (Å²) in [5.74, 6) is 2.36. The summed E-state index contributed by atoms with van der Waals surface area (Å²) < 4.78 is 5.93. The number of nitrogens with zero attached hydrogens (tertiary/aromatic N) is 5. The van der Waals surface area contributed by atoms with Gasteiger partial charge in [-0.25, -0.2) is 9.97 Å². The van der Waals surface area contributed by atoms with Crippen molar-refractivity contribution < 1.29 is 9.53 Å². The predicted octanol–water partition coefficient (Wildman–Crippen LogP) is 2.81. The molecule has 0 saturated carbocycles. The molecule has 1 aliphatic heterocycles. The van der Waals surface area contributed by atoms with E-state index in [2.05, 4.69) is 25.1 Å². The normalized spacial score (nSPS) is 15.0. The van der Waals surface area contributed by atoms with Crippen LogP contribution >= 0.6 is 11.3 Å². The van der Waals surface area contributed by atoms with E-state index in [0.717, 1.165) is 46.8 Å². The first-order chi connectivity index (χ1) is 15.1. The number of carbonyl (C=O) groups is 1. The molecular formula is C22H26N6O2S. The Hall–Kier alpha value is -3.04. The van der Waals surface area contributed by atoms with Gasteiger partial charge in [0.25, 0.3) is 0 Å². The number of nitrogens with one attached hydrogen (secondary N) is 1. The van der Waals surface area contributed by atoms with Gasteiger partial charge in [0.1, 0.15) is 18.2 Å². The van der Waals surface area contributed by atoms with Crippen LogP contribution in [0.2, 0.25) is 0 Å². The van der Waals surface area contributed by atoms with Gasteiger partial charge in [-0.1, -0.05) is 18.2 Å². The number of carbonyl (C=O) groups excluding carboxylic acids is 1. The standard InChI is InChI=1S/C22H26N6O2S/c1-16-23-21(26-25-16)13-27-9-11-28(12-10-27)22(29)8-7-18-5-3-4-6-20(18)30-14-19-15-31-17(2)24-19/h3-8,15H,9-14H2,1-2H3,(H,23,25,26)/b8-7+. The fourth-order valence-corrected chi connectivity index (χ4v) is 4.03. The minimum absolute atomic E-state index is 0.0123. The average Bonchev–Trinajstić information content (AvgIpc) is 3.39. The van der Waals surface area contributed by atoms with Crippen LogP contribution in [0.25, 0.3) is 6.08 Å². The van der Waals surface area contributed by atoms with Gasteiger partial charge in [-0.05, 0) is 26.0 Å². The molecule has 2 aromatic heterocycles. The van der Waals surface area contributed by atoms with Gasteiger partial charge in [-0.15, -0.1) is 11.3 Å². The predicted molar refractivity (Wildman–Crippen MR) is 120 cm³/mol. The molecule has 31 heavy (non-hydrogen) atoms. The monoisotopic (exact) mass is 438 g/mol. The van der Waals surface area contributed by atoms with Crippen molar-refractivity contribution in [2.24, 2.45) is 0 Å². The summed E-state index contributed by atoms with van der Waals surface area (Å²) in [6.07, 6.45) is 3.45. The van der Waals surface area contributed by atoms with E-state index in [1.54, 1.807) is 17.4 Å². The minimum Gasteiger partial charge on any atom is -0.487 e. The van der Waals surface area contributed by atoms with Crippen LogP contribution < -0.4 is 4.74 Å². The average molecular weight is 439 g/mol. The number of hydrogen-bond acceptors (Lipinski definition) is 7. The summed E-state index contributed by atoms with van der Waals surface area (Å²) in [5, 5.41) is 10.1. The minimum atomic E-state index is 0.0123. The molecule has 1 amide bonds. The number of aromatic amines is 1. The molecule has 1 aliphatic rings. The van der Waals surface area contributed by atoms with Gasteiger partial charge in [0.2, 0.25) is 5.91 Å². The number of ether oxygens (including phenoxy) is 1. The van der Waals surface area contributed by atoms with E-state index < -0.39 is 0 Å². The SMILES string of the molecule is Cc1nc(CN2CCN(C(=O)/C=C/c3ccccc3OCc3csc(C)n3)CC2)n[nH]1. The number of amides is 1. The number of hydrogen-bond donors (Lipinski definition) is 1. The highest BCUT2D eigenvalue weighted by Crippen LogP contribution is 2.21. The first kappa shape index (κ1) is 21.2. The fraction of sp³-hybridized carbons (Fsp3) is 0.364. The van der Waals surface area contributed by atoms with Crippen LogP contribution in [0.4, 0.5) is 0 Å². The second-order valence-corrected chi connectivity index (χ2v) is 8.52. The van der Waals surface area contributed by atoms with Gasteiger partial charge >= 0.3 is 0 Å². The molecule has 3 aromatic rings. The van der Waals surface area contributed by atoms with Crippen LogP contribution in [-0.4, -0.2) is 62.1 Å². The number of H-pyrrole nitrogens is 1. The molecule has 0 unspecified atom stereocenters. The van der Waals surface area contributed by atoms with E-state index in [9.17, 15) is 4.79 Å². The van der Waals surface area contributed by atoms with Crippen molar-refractivity contribution in [3.05, 3.63) is 63.6 Å². The lowest BCUT2D eigenvalue weighted by Gasteiger charge is -2.33. The fourth-order valence-electron chi connectivity index (χ4n) is 3.43. The van der Waals surface area contributed by atoms with E-state index in [1.807, 2.05) is 54.5 Å². The van der Waals surface area contributed by atoms with Gasteiger partial charge < -0.3 is 9.64 Å². The Balaban J connectivity index is 1.30. The van der Waals surface area contributed by atoms with Crippen LogP contribution in [0.1, 0.15) is 27.9 Å². The number of para-hydroxylation sites is 1. The zero-order valence-electron chi connectivity index (χ0n) is 17.7. The molecule has 0 aliphatic carbocycles. The van der Waals surface area contributed by atoms with Gasteiger partial charge in [0, 0.05) is 43.2 Å². The van der Waals surface area contributed by atoms with E-state index in [-0.39, 0.29) is 5.91 Å². The highest BCUT2D eigenvalue weighted by Gasteiger charge is 2.20. The molecule has 162 valence electrons. The molecule has 1 N–H and O–H groups in total. The number of rotatable bonds is 7. The Morgan fingerprint density at radius 3 is 2.71 bits per heavy atom. The van der Waals surface area contributed by atoms with Crippen LogP contribution in [0.5, 0.6) is 5.75 Å². The van der Waals surface area contributed by atoms with Crippen molar-refractivity contribution in [3.8, 4) is 5.75 Å². The molecule has 0 radical (unpaired) electrons. The second-order valence-electron chi connectivity index (χ2n) is 7.46. The van der Waals surface area contributed by atoms with Gasteiger partial charge in [0.05, 0.1) is 17.2 Å². The van der Waals surface area contributed by atoms with Crippen molar-refractivity contribution in [2.75, 3.05) is 26.2 Å². The van der Waals surface area contributed by atoms with Crippen LogP contribution in [0.15, 0.2) is 35.7 Å². The van der Waals surface area contributed by atoms with Crippen molar-refractivity contribution in [1.29, 1.82) is 0 Å². The maximum atomic E-state index is 12.7. The highest BCUT2D eigenvalue weighted by atomic mass is 32.1. The number of aryl methyl sites for hydroxylation is 2. The third-order valence-electron chi connectivity index (χ3n) is 5.06. The topological polar surface area (TPSA) is 87.2 Å². The highest BCUT2D eigenvalue weighted by molar-refractivity contribution is 7.09. The van der Waals surface area contributed by atoms with Crippen molar-refractivity contribution in [2.45, 2.75) is 27.0 Å². The van der Waals surface area contributed by atoms with Gasteiger partial charge in [-0.3, -0.25) is 14.8 Å². The van der Waals surface area contributed by atoms with Crippen LogP contribution in [0.3, 0.4) is 0 Å².